The monoisotopic (exact) mass is 520 g/mol. The van der Waals surface area contributed by atoms with Gasteiger partial charge in [0.25, 0.3) is 0 Å². The Labute approximate surface area is 226 Å². The number of nitrogens with zero attached hydrogens (tertiary/aromatic N) is 2. The van der Waals surface area contributed by atoms with Crippen LogP contribution < -0.4 is 9.47 Å². The molecule has 5 nitrogen and oxygen atoms in total. The Morgan fingerprint density at radius 1 is 1.14 bits per heavy atom. The summed E-state index contributed by atoms with van der Waals surface area (Å²) in [4.78, 5) is 13.4. The first-order valence-electron chi connectivity index (χ1n) is 13.2. The number of methoxy groups -OCH3 is 1. The fourth-order valence-corrected chi connectivity index (χ4v) is 5.64. The van der Waals surface area contributed by atoms with Crippen LogP contribution in [0.25, 0.3) is 5.03 Å². The first-order valence-corrected chi connectivity index (χ1v) is 14.0. The van der Waals surface area contributed by atoms with Crippen molar-refractivity contribution in [2.45, 2.75) is 83.6 Å². The van der Waals surface area contributed by atoms with Crippen molar-refractivity contribution in [1.82, 2.24) is 9.78 Å². The first kappa shape index (κ1) is 28.6. The van der Waals surface area contributed by atoms with E-state index in [1.54, 1.807) is 25.8 Å². The molecule has 0 aliphatic heterocycles. The maximum Gasteiger partial charge on any atom is 0.161 e. The second-order valence-electron chi connectivity index (χ2n) is 9.25. The van der Waals surface area contributed by atoms with Crippen LogP contribution in [0.3, 0.4) is 0 Å². The predicted octanol–water partition coefficient (Wildman–Crippen LogP) is 8.19. The molecule has 3 aromatic rings. The van der Waals surface area contributed by atoms with Crippen molar-refractivity contribution in [2.24, 2.45) is 0 Å². The van der Waals surface area contributed by atoms with E-state index < -0.39 is 0 Å². The molecule has 1 aliphatic rings. The minimum Gasteiger partial charge on any atom is -0.493 e. The number of carbonyl (C=O) groups excluding carboxylic acids is 1. The molecule has 4 rings (SSSR count). The number of hydrogen-bond acceptors (Lipinski definition) is 5. The maximum absolute atomic E-state index is 12.3. The molecule has 0 N–H and O–H groups in total. The molecule has 198 valence electrons. The Bertz CT molecular complexity index is 1210. The lowest BCUT2D eigenvalue weighted by molar-refractivity contribution is -0.117. The van der Waals surface area contributed by atoms with Crippen molar-refractivity contribution in [3.63, 3.8) is 0 Å². The minimum atomic E-state index is -0.132. The molecule has 1 heterocycles. The molecule has 0 bridgehead atoms. The number of Topliss-reactive ketones (excluding diaryl/α,β-unsaturated/α-hetero) is 1. The summed E-state index contributed by atoms with van der Waals surface area (Å²) in [5.74, 6) is 1.46. The van der Waals surface area contributed by atoms with Crippen molar-refractivity contribution in [3.8, 4) is 11.5 Å². The second-order valence-corrected chi connectivity index (χ2v) is 10.4. The lowest BCUT2D eigenvalue weighted by Gasteiger charge is -2.20. The molecule has 0 amide bonds. The van der Waals surface area contributed by atoms with Gasteiger partial charge in [-0.2, -0.15) is 5.10 Å². The molecule has 6 heteroatoms. The van der Waals surface area contributed by atoms with E-state index in [0.717, 1.165) is 45.3 Å². The number of ketones is 1. The van der Waals surface area contributed by atoms with Gasteiger partial charge in [-0.3, -0.25) is 4.79 Å². The Morgan fingerprint density at radius 2 is 1.84 bits per heavy atom. The predicted molar refractivity (Wildman–Crippen MR) is 154 cm³/mol. The number of thioether (sulfide) groups is 1. The van der Waals surface area contributed by atoms with E-state index in [-0.39, 0.29) is 17.8 Å². The topological polar surface area (TPSA) is 53.4 Å². The van der Waals surface area contributed by atoms with Crippen molar-refractivity contribution < 1.29 is 14.3 Å². The summed E-state index contributed by atoms with van der Waals surface area (Å²) >= 11 is 1.60. The summed E-state index contributed by atoms with van der Waals surface area (Å²) in [6, 6.07) is 14.3. The molecule has 1 saturated carbocycles. The Hall–Kier alpha value is -2.99. The number of benzene rings is 2. The summed E-state index contributed by atoms with van der Waals surface area (Å²) in [6.07, 6.45) is 7.09. The van der Waals surface area contributed by atoms with Gasteiger partial charge in [0, 0.05) is 28.5 Å². The highest BCUT2D eigenvalue weighted by Crippen LogP contribution is 2.39. The van der Waals surface area contributed by atoms with E-state index >= 15 is 0 Å². The van der Waals surface area contributed by atoms with E-state index in [1.807, 2.05) is 62.0 Å². The third-order valence-corrected chi connectivity index (χ3v) is 7.74. The molecule has 0 saturated heterocycles. The Balaban J connectivity index is 0.00000186. The van der Waals surface area contributed by atoms with Crippen molar-refractivity contribution in [3.05, 3.63) is 77.6 Å². The van der Waals surface area contributed by atoms with Crippen LogP contribution in [0.15, 0.2) is 60.1 Å². The number of carbonyl (C=O) groups is 1. The molecule has 0 radical (unpaired) electrons. The molecule has 1 fully saturated rings. The quantitative estimate of drug-likeness (QED) is 0.252. The average molecular weight is 521 g/mol. The highest BCUT2D eigenvalue weighted by molar-refractivity contribution is 8.08. The summed E-state index contributed by atoms with van der Waals surface area (Å²) in [6.45, 7) is 14.0. The van der Waals surface area contributed by atoms with Crippen LogP contribution in [-0.2, 0) is 4.79 Å². The van der Waals surface area contributed by atoms with Crippen molar-refractivity contribution in [1.29, 1.82) is 0 Å². The van der Waals surface area contributed by atoms with Crippen molar-refractivity contribution in [2.75, 3.05) is 7.11 Å². The van der Waals surface area contributed by atoms with Gasteiger partial charge in [0.15, 0.2) is 11.5 Å². The molecular formula is C31H40N2O3S. The zero-order valence-corrected chi connectivity index (χ0v) is 23.9. The van der Waals surface area contributed by atoms with E-state index in [4.69, 9.17) is 9.47 Å². The summed E-state index contributed by atoms with van der Waals surface area (Å²) in [7, 11) is 1.66. The summed E-state index contributed by atoms with van der Waals surface area (Å²) in [5, 5.41) is 5.47. The fourth-order valence-electron chi connectivity index (χ4n) is 4.74. The third-order valence-electron chi connectivity index (χ3n) is 6.66. The Morgan fingerprint density at radius 3 is 2.49 bits per heavy atom. The second kappa shape index (κ2) is 13.5. The van der Waals surface area contributed by atoms with Crippen LogP contribution in [-0.4, -0.2) is 28.8 Å². The van der Waals surface area contributed by atoms with Gasteiger partial charge >= 0.3 is 0 Å². The van der Waals surface area contributed by atoms with Crippen LogP contribution in [0.2, 0.25) is 0 Å². The van der Waals surface area contributed by atoms with Crippen LogP contribution in [0.4, 0.5) is 0 Å². The smallest absolute Gasteiger partial charge is 0.161 e. The standard InChI is InChI=1S/C29H34N2O3S.C2H6/c1-19-10-6-9-13-29(19)35-22(4)31-21(3)26(18-30-31)25(16-20(2)32)23-14-15-27(28(17-23)33-5)34-24-11-7-8-12-24;1-2/h6,9-10,13-15,17-18,24-25H,4,7-8,11-12,16H2,1-3,5H3;1-2H3. The van der Waals surface area contributed by atoms with Gasteiger partial charge < -0.3 is 9.47 Å². The minimum absolute atomic E-state index is 0.125. The maximum atomic E-state index is 12.3. The number of hydrogen-bond donors (Lipinski definition) is 0. The van der Waals surface area contributed by atoms with Gasteiger partial charge in [-0.15, -0.1) is 0 Å². The van der Waals surface area contributed by atoms with Gasteiger partial charge in [-0.05, 0) is 75.8 Å². The molecule has 2 aromatic carbocycles. The van der Waals surface area contributed by atoms with Gasteiger partial charge in [-0.1, -0.05) is 56.5 Å². The lowest BCUT2D eigenvalue weighted by atomic mass is 9.87. The van der Waals surface area contributed by atoms with Crippen molar-refractivity contribution >= 4 is 22.6 Å². The fraction of sp³-hybridized carbons (Fsp3) is 0.419. The van der Waals surface area contributed by atoms with Crippen LogP contribution >= 0.6 is 11.8 Å². The highest BCUT2D eigenvalue weighted by atomic mass is 32.2. The molecule has 1 atom stereocenters. The zero-order valence-electron chi connectivity index (χ0n) is 23.0. The summed E-state index contributed by atoms with van der Waals surface area (Å²) < 4.78 is 13.8. The van der Waals surface area contributed by atoms with Gasteiger partial charge in [0.2, 0.25) is 0 Å². The first-order chi connectivity index (χ1) is 17.9. The molecule has 37 heavy (non-hydrogen) atoms. The third kappa shape index (κ3) is 7.07. The number of rotatable bonds is 10. The Kier molecular flexibility index (Phi) is 10.4. The van der Waals surface area contributed by atoms with Gasteiger partial charge in [0.1, 0.15) is 5.78 Å². The van der Waals surface area contributed by atoms with Crippen LogP contribution in [0.5, 0.6) is 11.5 Å². The van der Waals surface area contributed by atoms with Crippen LogP contribution in [0.1, 0.15) is 81.2 Å². The molecule has 0 spiro atoms. The molecule has 1 unspecified atom stereocenters. The van der Waals surface area contributed by atoms with E-state index in [0.29, 0.717) is 12.2 Å². The molecular weight excluding hydrogens is 480 g/mol. The number of ether oxygens (including phenoxy) is 2. The largest absolute Gasteiger partial charge is 0.493 e. The van der Waals surface area contributed by atoms with Gasteiger partial charge in [0.05, 0.1) is 24.4 Å². The SMILES string of the molecule is C=C(Sc1ccccc1C)n1ncc(C(CC(C)=O)c2ccc(OC3CCCC3)c(OC)c2)c1C.CC. The number of aromatic nitrogens is 2. The molecule has 1 aromatic heterocycles. The van der Waals surface area contributed by atoms with E-state index in [1.165, 1.54) is 18.4 Å². The van der Waals surface area contributed by atoms with Gasteiger partial charge in [-0.25, -0.2) is 4.68 Å². The summed E-state index contributed by atoms with van der Waals surface area (Å²) in [5.41, 5.74) is 4.20. The zero-order chi connectivity index (χ0) is 26.9. The van der Waals surface area contributed by atoms with E-state index in [9.17, 15) is 4.79 Å². The number of aryl methyl sites for hydroxylation is 1. The van der Waals surface area contributed by atoms with Crippen LogP contribution in [0, 0.1) is 13.8 Å². The van der Waals surface area contributed by atoms with E-state index in [2.05, 4.69) is 30.7 Å². The average Bonchev–Trinajstić information content (AvgIpc) is 3.55. The lowest BCUT2D eigenvalue weighted by Crippen LogP contribution is -2.12. The normalized spacial score (nSPS) is 14.0. The highest BCUT2D eigenvalue weighted by Gasteiger charge is 2.25. The molecule has 1 aliphatic carbocycles.